The number of aromatic nitrogens is 2. The highest BCUT2D eigenvalue weighted by molar-refractivity contribution is 5.85. The fourth-order valence-electron chi connectivity index (χ4n) is 3.69. The first kappa shape index (κ1) is 21.3. The van der Waals surface area contributed by atoms with Crippen molar-refractivity contribution in [2.45, 2.75) is 51.5 Å². The lowest BCUT2D eigenvalue weighted by molar-refractivity contribution is -0.133. The predicted molar refractivity (Wildman–Crippen MR) is 101 cm³/mol. The van der Waals surface area contributed by atoms with E-state index in [2.05, 4.69) is 28.4 Å². The number of carbonyl (C=O) groups excluding carboxylic acids is 1. The fraction of sp³-hybridized carbons (Fsp3) is 0.765. The van der Waals surface area contributed by atoms with Gasteiger partial charge >= 0.3 is 0 Å². The number of nitrogens with one attached hydrogen (secondary N) is 1. The SMILES string of the molecule is Cc1cnn(C2CCCN(C(=O)CCC3CCNCC3)C2)c1.Cl.Cl. The maximum atomic E-state index is 12.5. The molecule has 24 heavy (non-hydrogen) atoms. The first-order valence-electron chi connectivity index (χ1n) is 8.71. The maximum absolute atomic E-state index is 12.5. The van der Waals surface area contributed by atoms with E-state index in [1.165, 1.54) is 18.4 Å². The van der Waals surface area contributed by atoms with Crippen molar-refractivity contribution in [1.29, 1.82) is 0 Å². The topological polar surface area (TPSA) is 50.2 Å². The van der Waals surface area contributed by atoms with Gasteiger partial charge < -0.3 is 10.2 Å². The van der Waals surface area contributed by atoms with Gasteiger partial charge in [-0.2, -0.15) is 5.10 Å². The standard InChI is InChI=1S/C17H28N4O.2ClH/c1-14-11-19-21(12-14)16-3-2-10-20(13-16)17(22)5-4-15-6-8-18-9-7-15;;/h11-12,15-16,18H,2-10,13H2,1H3;2*1H. The summed E-state index contributed by atoms with van der Waals surface area (Å²) >= 11 is 0. The second-order valence-corrected chi connectivity index (χ2v) is 6.87. The number of carbonyl (C=O) groups is 1. The molecule has 1 atom stereocenters. The van der Waals surface area contributed by atoms with Crippen LogP contribution in [0.3, 0.4) is 0 Å². The molecular weight excluding hydrogens is 347 g/mol. The number of amides is 1. The number of likely N-dealkylation sites (tertiary alicyclic amines) is 1. The Balaban J connectivity index is 0.00000144. The van der Waals surface area contributed by atoms with E-state index < -0.39 is 0 Å². The summed E-state index contributed by atoms with van der Waals surface area (Å²) < 4.78 is 2.04. The van der Waals surface area contributed by atoms with Crippen LogP contribution in [0, 0.1) is 12.8 Å². The van der Waals surface area contributed by atoms with Crippen molar-refractivity contribution < 1.29 is 4.79 Å². The number of nitrogens with zero attached hydrogens (tertiary/aromatic N) is 3. The third-order valence-corrected chi connectivity index (χ3v) is 5.08. The van der Waals surface area contributed by atoms with Crippen molar-refractivity contribution in [2.24, 2.45) is 5.92 Å². The molecule has 3 heterocycles. The van der Waals surface area contributed by atoms with Gasteiger partial charge in [0.2, 0.25) is 5.91 Å². The molecule has 1 aromatic heterocycles. The van der Waals surface area contributed by atoms with Crippen LogP contribution in [0.5, 0.6) is 0 Å². The molecule has 5 nitrogen and oxygen atoms in total. The lowest BCUT2D eigenvalue weighted by Gasteiger charge is -2.33. The molecule has 1 unspecified atom stereocenters. The first-order valence-corrected chi connectivity index (χ1v) is 8.71. The molecule has 3 rings (SSSR count). The summed E-state index contributed by atoms with van der Waals surface area (Å²) in [5, 5.41) is 7.81. The van der Waals surface area contributed by atoms with Crippen LogP contribution in [0.4, 0.5) is 0 Å². The highest BCUT2D eigenvalue weighted by Crippen LogP contribution is 2.23. The molecule has 0 aromatic carbocycles. The number of hydrogen-bond acceptors (Lipinski definition) is 3. The van der Waals surface area contributed by atoms with Crippen molar-refractivity contribution >= 4 is 30.7 Å². The Morgan fingerprint density at radius 1 is 1.29 bits per heavy atom. The van der Waals surface area contributed by atoms with Crippen LogP contribution in [-0.4, -0.2) is 46.8 Å². The normalized spacial score (nSPS) is 21.7. The average Bonchev–Trinajstić information content (AvgIpc) is 3.00. The Labute approximate surface area is 157 Å². The number of piperidine rings is 2. The van der Waals surface area contributed by atoms with E-state index in [1.807, 2.05) is 10.9 Å². The van der Waals surface area contributed by atoms with Gasteiger partial charge in [0.25, 0.3) is 0 Å². The molecule has 7 heteroatoms. The molecule has 2 aliphatic heterocycles. The van der Waals surface area contributed by atoms with Crippen LogP contribution in [0.25, 0.3) is 0 Å². The third-order valence-electron chi connectivity index (χ3n) is 5.08. The largest absolute Gasteiger partial charge is 0.341 e. The van der Waals surface area contributed by atoms with Crippen LogP contribution in [0.15, 0.2) is 12.4 Å². The van der Waals surface area contributed by atoms with E-state index in [-0.39, 0.29) is 24.8 Å². The predicted octanol–water partition coefficient (Wildman–Crippen LogP) is 2.98. The summed E-state index contributed by atoms with van der Waals surface area (Å²) in [6, 6.07) is 0.352. The van der Waals surface area contributed by atoms with E-state index in [1.54, 1.807) is 0 Å². The molecule has 0 bridgehead atoms. The number of hydrogen-bond donors (Lipinski definition) is 1. The summed E-state index contributed by atoms with van der Waals surface area (Å²) in [4.78, 5) is 14.6. The molecule has 1 amide bonds. The Morgan fingerprint density at radius 2 is 2.04 bits per heavy atom. The minimum atomic E-state index is 0. The van der Waals surface area contributed by atoms with Crippen LogP contribution in [0.2, 0.25) is 0 Å². The van der Waals surface area contributed by atoms with Crippen LogP contribution >= 0.6 is 24.8 Å². The first-order chi connectivity index (χ1) is 10.7. The maximum Gasteiger partial charge on any atom is 0.222 e. The highest BCUT2D eigenvalue weighted by atomic mass is 35.5. The molecule has 0 aliphatic carbocycles. The molecule has 1 N–H and O–H groups in total. The summed E-state index contributed by atoms with van der Waals surface area (Å²) in [6.45, 7) is 6.04. The summed E-state index contributed by atoms with van der Waals surface area (Å²) in [5.41, 5.74) is 1.19. The Hall–Kier alpha value is -0.780. The van der Waals surface area contributed by atoms with Gasteiger partial charge in [-0.3, -0.25) is 9.48 Å². The van der Waals surface area contributed by atoms with Crippen molar-refractivity contribution in [3.63, 3.8) is 0 Å². The molecule has 2 saturated heterocycles. The van der Waals surface area contributed by atoms with Crippen LogP contribution < -0.4 is 5.32 Å². The highest BCUT2D eigenvalue weighted by Gasteiger charge is 2.25. The smallest absolute Gasteiger partial charge is 0.222 e. The molecular formula is C17H30Cl2N4O. The van der Waals surface area contributed by atoms with Gasteiger partial charge in [-0.15, -0.1) is 24.8 Å². The van der Waals surface area contributed by atoms with Gasteiger partial charge in [0.15, 0.2) is 0 Å². The second kappa shape index (κ2) is 10.3. The van der Waals surface area contributed by atoms with Gasteiger partial charge in [0.05, 0.1) is 12.2 Å². The number of rotatable bonds is 4. The average molecular weight is 377 g/mol. The van der Waals surface area contributed by atoms with Gasteiger partial charge in [-0.25, -0.2) is 0 Å². The summed E-state index contributed by atoms with van der Waals surface area (Å²) in [5.74, 6) is 1.08. The summed E-state index contributed by atoms with van der Waals surface area (Å²) in [7, 11) is 0. The van der Waals surface area contributed by atoms with Crippen molar-refractivity contribution in [3.8, 4) is 0 Å². The number of halogens is 2. The fourth-order valence-corrected chi connectivity index (χ4v) is 3.69. The molecule has 0 radical (unpaired) electrons. The minimum absolute atomic E-state index is 0. The molecule has 138 valence electrons. The Bertz CT molecular complexity index is 503. The minimum Gasteiger partial charge on any atom is -0.341 e. The van der Waals surface area contributed by atoms with Crippen LogP contribution in [0.1, 0.15) is 50.1 Å². The lowest BCUT2D eigenvalue weighted by Crippen LogP contribution is -2.41. The van der Waals surface area contributed by atoms with Crippen molar-refractivity contribution in [2.75, 3.05) is 26.2 Å². The van der Waals surface area contributed by atoms with Crippen molar-refractivity contribution in [1.82, 2.24) is 20.0 Å². The van der Waals surface area contributed by atoms with Gasteiger partial charge in [-0.1, -0.05) is 0 Å². The zero-order valence-electron chi connectivity index (χ0n) is 14.4. The quantitative estimate of drug-likeness (QED) is 0.878. The molecule has 2 fully saturated rings. The van der Waals surface area contributed by atoms with Crippen LogP contribution in [-0.2, 0) is 4.79 Å². The Kier molecular flexibility index (Phi) is 9.09. The van der Waals surface area contributed by atoms with E-state index in [4.69, 9.17) is 0 Å². The Morgan fingerprint density at radius 3 is 2.71 bits per heavy atom. The van der Waals surface area contributed by atoms with E-state index >= 15 is 0 Å². The zero-order valence-corrected chi connectivity index (χ0v) is 16.1. The second-order valence-electron chi connectivity index (χ2n) is 6.87. The van der Waals surface area contributed by atoms with Crippen molar-refractivity contribution in [3.05, 3.63) is 18.0 Å². The molecule has 2 aliphatic rings. The van der Waals surface area contributed by atoms with Gasteiger partial charge in [0, 0.05) is 25.7 Å². The molecule has 0 saturated carbocycles. The summed E-state index contributed by atoms with van der Waals surface area (Å²) in [6.07, 6.45) is 10.4. The van der Waals surface area contributed by atoms with Gasteiger partial charge in [0.1, 0.15) is 0 Å². The van der Waals surface area contributed by atoms with E-state index in [9.17, 15) is 4.79 Å². The number of aryl methyl sites for hydroxylation is 1. The zero-order chi connectivity index (χ0) is 15.4. The molecule has 1 aromatic rings. The molecule has 0 spiro atoms. The lowest BCUT2D eigenvalue weighted by atomic mass is 9.93. The third kappa shape index (κ3) is 5.64. The van der Waals surface area contributed by atoms with E-state index in [0.29, 0.717) is 11.9 Å². The van der Waals surface area contributed by atoms with Gasteiger partial charge in [-0.05, 0) is 63.6 Å². The van der Waals surface area contributed by atoms with E-state index in [0.717, 1.165) is 57.8 Å². The monoisotopic (exact) mass is 376 g/mol.